The monoisotopic (exact) mass is 193 g/mol. The smallest absolute Gasteiger partial charge is 0.306 e. The number of hydrogen-bond donors (Lipinski definition) is 1. The lowest BCUT2D eigenvalue weighted by Gasteiger charge is -2.03. The number of esters is 1. The molecule has 76 valence electrons. The molecule has 0 aromatic heterocycles. The lowest BCUT2D eigenvalue weighted by atomic mass is 10.2. The fraction of sp³-hybridized carbons (Fsp3) is 0.364. The summed E-state index contributed by atoms with van der Waals surface area (Å²) in [5, 5.41) is 0. The van der Waals surface area contributed by atoms with E-state index >= 15 is 0 Å². The highest BCUT2D eigenvalue weighted by Crippen LogP contribution is 2.07. The van der Waals surface area contributed by atoms with Crippen molar-refractivity contribution in [3.8, 4) is 0 Å². The van der Waals surface area contributed by atoms with Crippen LogP contribution in [-0.2, 0) is 16.1 Å². The van der Waals surface area contributed by atoms with E-state index in [9.17, 15) is 4.79 Å². The van der Waals surface area contributed by atoms with Crippen LogP contribution in [0, 0.1) is 0 Å². The van der Waals surface area contributed by atoms with Gasteiger partial charge in [0.15, 0.2) is 0 Å². The zero-order valence-corrected chi connectivity index (χ0v) is 8.32. The van der Waals surface area contributed by atoms with Crippen molar-refractivity contribution in [2.75, 3.05) is 5.73 Å². The average Bonchev–Trinajstić information content (AvgIpc) is 2.17. The third-order valence-corrected chi connectivity index (χ3v) is 1.83. The number of carbonyl (C=O) groups is 1. The van der Waals surface area contributed by atoms with Gasteiger partial charge in [-0.15, -0.1) is 0 Å². The van der Waals surface area contributed by atoms with Gasteiger partial charge in [-0.3, -0.25) is 4.79 Å². The first-order chi connectivity index (χ1) is 6.72. The summed E-state index contributed by atoms with van der Waals surface area (Å²) in [6.07, 6.45) is 1.30. The first kappa shape index (κ1) is 10.6. The van der Waals surface area contributed by atoms with Gasteiger partial charge in [0.2, 0.25) is 0 Å². The number of rotatable bonds is 4. The van der Waals surface area contributed by atoms with E-state index in [2.05, 4.69) is 0 Å². The van der Waals surface area contributed by atoms with Crippen molar-refractivity contribution in [1.82, 2.24) is 0 Å². The van der Waals surface area contributed by atoms with Gasteiger partial charge in [-0.05, 0) is 24.1 Å². The average molecular weight is 193 g/mol. The van der Waals surface area contributed by atoms with Gasteiger partial charge in [0.05, 0.1) is 0 Å². The molecule has 1 aromatic rings. The summed E-state index contributed by atoms with van der Waals surface area (Å²) in [4.78, 5) is 11.0. The molecule has 3 nitrogen and oxygen atoms in total. The van der Waals surface area contributed by atoms with E-state index in [1.165, 1.54) is 0 Å². The summed E-state index contributed by atoms with van der Waals surface area (Å²) in [6, 6.07) is 7.30. The Morgan fingerprint density at radius 3 is 2.57 bits per heavy atom. The Morgan fingerprint density at radius 2 is 2.00 bits per heavy atom. The molecule has 1 aromatic carbocycles. The van der Waals surface area contributed by atoms with E-state index < -0.39 is 0 Å². The van der Waals surface area contributed by atoms with E-state index in [1.54, 1.807) is 12.1 Å². The third kappa shape index (κ3) is 3.47. The van der Waals surface area contributed by atoms with E-state index in [0.29, 0.717) is 18.7 Å². The van der Waals surface area contributed by atoms with E-state index in [4.69, 9.17) is 10.5 Å². The van der Waals surface area contributed by atoms with Gasteiger partial charge < -0.3 is 10.5 Å². The Balaban J connectivity index is 2.38. The van der Waals surface area contributed by atoms with Crippen LogP contribution in [0.15, 0.2) is 24.3 Å². The molecule has 0 spiro atoms. The van der Waals surface area contributed by atoms with Crippen LogP contribution in [0.4, 0.5) is 5.69 Å². The summed E-state index contributed by atoms with van der Waals surface area (Å²) >= 11 is 0. The molecule has 14 heavy (non-hydrogen) atoms. The molecule has 0 aliphatic carbocycles. The normalized spacial score (nSPS) is 9.79. The first-order valence-electron chi connectivity index (χ1n) is 4.72. The molecule has 0 bridgehead atoms. The number of benzene rings is 1. The molecule has 3 heteroatoms. The summed E-state index contributed by atoms with van der Waals surface area (Å²) in [5.74, 6) is -0.149. The predicted octanol–water partition coefficient (Wildman–Crippen LogP) is 2.11. The van der Waals surface area contributed by atoms with E-state index in [0.717, 1.165) is 12.0 Å². The molecule has 0 radical (unpaired) electrons. The molecule has 2 N–H and O–H groups in total. The van der Waals surface area contributed by atoms with Gasteiger partial charge in [0.1, 0.15) is 6.61 Å². The number of carbonyl (C=O) groups excluding carboxylic acids is 1. The summed E-state index contributed by atoms with van der Waals surface area (Å²) < 4.78 is 5.03. The standard InChI is InChI=1S/C11H15NO2/c1-2-3-11(13)14-8-9-4-6-10(12)7-5-9/h4-7H,2-3,8,12H2,1H3. The lowest BCUT2D eigenvalue weighted by molar-refractivity contribution is -0.144. The number of nitrogen functional groups attached to an aromatic ring is 1. The van der Waals surface area contributed by atoms with Crippen LogP contribution in [-0.4, -0.2) is 5.97 Å². The Morgan fingerprint density at radius 1 is 1.36 bits per heavy atom. The quantitative estimate of drug-likeness (QED) is 0.588. The fourth-order valence-corrected chi connectivity index (χ4v) is 1.05. The second-order valence-electron chi connectivity index (χ2n) is 3.15. The lowest BCUT2D eigenvalue weighted by Crippen LogP contribution is -2.03. The number of ether oxygens (including phenoxy) is 1. The molecular formula is C11H15NO2. The van der Waals surface area contributed by atoms with Crippen molar-refractivity contribution in [1.29, 1.82) is 0 Å². The minimum absolute atomic E-state index is 0.149. The van der Waals surface area contributed by atoms with E-state index in [1.807, 2.05) is 19.1 Å². The minimum Gasteiger partial charge on any atom is -0.461 e. The number of hydrogen-bond acceptors (Lipinski definition) is 3. The SMILES string of the molecule is CCCC(=O)OCc1ccc(N)cc1. The van der Waals surface area contributed by atoms with Crippen LogP contribution in [0.3, 0.4) is 0 Å². The summed E-state index contributed by atoms with van der Waals surface area (Å²) in [7, 11) is 0. The van der Waals surface area contributed by atoms with Crippen LogP contribution in [0.25, 0.3) is 0 Å². The number of nitrogens with two attached hydrogens (primary N) is 1. The Kier molecular flexibility index (Phi) is 3.98. The molecule has 0 fully saturated rings. The highest BCUT2D eigenvalue weighted by molar-refractivity contribution is 5.69. The van der Waals surface area contributed by atoms with Crippen LogP contribution in [0.5, 0.6) is 0 Å². The van der Waals surface area contributed by atoms with E-state index in [-0.39, 0.29) is 5.97 Å². The number of anilines is 1. The Labute approximate surface area is 83.9 Å². The maximum Gasteiger partial charge on any atom is 0.306 e. The fourth-order valence-electron chi connectivity index (χ4n) is 1.05. The van der Waals surface area contributed by atoms with Crippen molar-refractivity contribution in [2.45, 2.75) is 26.4 Å². The molecular weight excluding hydrogens is 178 g/mol. The van der Waals surface area contributed by atoms with Crippen molar-refractivity contribution in [3.63, 3.8) is 0 Å². The van der Waals surface area contributed by atoms with Crippen molar-refractivity contribution >= 4 is 11.7 Å². The summed E-state index contributed by atoms with van der Waals surface area (Å²) in [6.45, 7) is 2.28. The minimum atomic E-state index is -0.149. The van der Waals surface area contributed by atoms with Crippen molar-refractivity contribution in [3.05, 3.63) is 29.8 Å². The predicted molar refractivity (Wildman–Crippen MR) is 55.6 cm³/mol. The summed E-state index contributed by atoms with van der Waals surface area (Å²) in [5.41, 5.74) is 7.20. The maximum atomic E-state index is 11.0. The van der Waals surface area contributed by atoms with Gasteiger partial charge >= 0.3 is 5.97 Å². The van der Waals surface area contributed by atoms with Crippen molar-refractivity contribution in [2.24, 2.45) is 0 Å². The van der Waals surface area contributed by atoms with Crippen LogP contribution >= 0.6 is 0 Å². The van der Waals surface area contributed by atoms with Gasteiger partial charge in [0, 0.05) is 12.1 Å². The third-order valence-electron chi connectivity index (χ3n) is 1.83. The largest absolute Gasteiger partial charge is 0.461 e. The van der Waals surface area contributed by atoms with Gasteiger partial charge in [0.25, 0.3) is 0 Å². The van der Waals surface area contributed by atoms with Crippen molar-refractivity contribution < 1.29 is 9.53 Å². The molecule has 0 saturated carbocycles. The highest BCUT2D eigenvalue weighted by Gasteiger charge is 2.00. The zero-order chi connectivity index (χ0) is 10.4. The Hall–Kier alpha value is -1.51. The van der Waals surface area contributed by atoms with Crippen LogP contribution < -0.4 is 5.73 Å². The second kappa shape index (κ2) is 5.27. The molecule has 0 unspecified atom stereocenters. The van der Waals surface area contributed by atoms with Gasteiger partial charge in [-0.2, -0.15) is 0 Å². The Bertz CT molecular complexity index is 293. The van der Waals surface area contributed by atoms with Crippen LogP contribution in [0.1, 0.15) is 25.3 Å². The zero-order valence-electron chi connectivity index (χ0n) is 8.32. The van der Waals surface area contributed by atoms with Gasteiger partial charge in [-0.1, -0.05) is 19.1 Å². The molecule has 0 aliphatic heterocycles. The second-order valence-corrected chi connectivity index (χ2v) is 3.15. The maximum absolute atomic E-state index is 11.0. The molecule has 0 saturated heterocycles. The van der Waals surface area contributed by atoms with Crippen LogP contribution in [0.2, 0.25) is 0 Å². The van der Waals surface area contributed by atoms with Gasteiger partial charge in [-0.25, -0.2) is 0 Å². The molecule has 1 rings (SSSR count). The molecule has 0 amide bonds. The molecule has 0 atom stereocenters. The first-order valence-corrected chi connectivity index (χ1v) is 4.72. The topological polar surface area (TPSA) is 52.3 Å². The molecule has 0 heterocycles. The highest BCUT2D eigenvalue weighted by atomic mass is 16.5. The molecule has 0 aliphatic rings.